The monoisotopic (exact) mass is 730 g/mol. The average molecular weight is 731 g/mol. The van der Waals surface area contributed by atoms with Gasteiger partial charge >= 0.3 is 0 Å². The lowest BCUT2D eigenvalue weighted by atomic mass is 9.96. The molecule has 8 aromatic carbocycles. The number of nitrogens with zero attached hydrogens (tertiary/aromatic N) is 4. The molecule has 6 heteroatoms. The van der Waals surface area contributed by atoms with Crippen LogP contribution in [0, 0.1) is 0 Å². The second kappa shape index (κ2) is 12.3. The summed E-state index contributed by atoms with van der Waals surface area (Å²) in [7, 11) is 0. The van der Waals surface area contributed by atoms with Gasteiger partial charge in [0.25, 0.3) is 0 Å². The van der Waals surface area contributed by atoms with Crippen LogP contribution in [0.2, 0.25) is 0 Å². The van der Waals surface area contributed by atoms with Gasteiger partial charge in [-0.25, -0.2) is 15.0 Å². The van der Waals surface area contributed by atoms with E-state index in [-0.39, 0.29) is 0 Å². The number of hydrogen-bond acceptors (Lipinski definition) is 5. The Bertz CT molecular complexity index is 3410. The molecule has 12 aromatic rings. The fraction of sp³-hybridized carbons (Fsp3) is 0. The van der Waals surface area contributed by atoms with Gasteiger partial charge in [0, 0.05) is 60.8 Å². The molecule has 0 bridgehead atoms. The molecule has 57 heavy (non-hydrogen) atoms. The molecule has 0 saturated carbocycles. The van der Waals surface area contributed by atoms with Gasteiger partial charge in [-0.1, -0.05) is 127 Å². The van der Waals surface area contributed by atoms with Crippen LogP contribution in [0.5, 0.6) is 0 Å². The SMILES string of the molecule is c1ccc(-c2nc(-c3ccccc3)nc(-c3cccc4oc5cccc(-c6ccc7c(c6)oc6cc(-n8c9ccccc9c9ccccc98)ccc67)c5c34)n2)cc1. The van der Waals surface area contributed by atoms with Crippen molar-refractivity contribution in [1.82, 2.24) is 19.5 Å². The van der Waals surface area contributed by atoms with Crippen LogP contribution < -0.4 is 0 Å². The van der Waals surface area contributed by atoms with Crippen molar-refractivity contribution in [3.05, 3.63) is 182 Å². The van der Waals surface area contributed by atoms with E-state index in [1.54, 1.807) is 0 Å². The molecular formula is C51H30N4O2. The predicted octanol–water partition coefficient (Wildman–Crippen LogP) is 13.4. The number of hydrogen-bond donors (Lipinski definition) is 0. The summed E-state index contributed by atoms with van der Waals surface area (Å²) in [6.07, 6.45) is 0. The first-order chi connectivity index (χ1) is 28.2. The molecule has 0 fully saturated rings. The molecular weight excluding hydrogens is 701 g/mol. The van der Waals surface area contributed by atoms with Crippen molar-refractivity contribution in [3.63, 3.8) is 0 Å². The van der Waals surface area contributed by atoms with Gasteiger partial charge in [-0.15, -0.1) is 0 Å². The van der Waals surface area contributed by atoms with E-state index in [0.717, 1.165) is 77.4 Å². The van der Waals surface area contributed by atoms with Gasteiger partial charge in [-0.2, -0.15) is 0 Å². The normalized spacial score (nSPS) is 11.9. The molecule has 4 heterocycles. The number of fused-ring (bicyclic) bond motifs is 9. The summed E-state index contributed by atoms with van der Waals surface area (Å²) < 4.78 is 15.6. The summed E-state index contributed by atoms with van der Waals surface area (Å²) in [5.74, 6) is 1.81. The highest BCUT2D eigenvalue weighted by molar-refractivity contribution is 6.18. The molecule has 0 radical (unpaired) electrons. The van der Waals surface area contributed by atoms with E-state index in [1.807, 2.05) is 84.9 Å². The summed E-state index contributed by atoms with van der Waals surface area (Å²) in [4.78, 5) is 15.1. The van der Waals surface area contributed by atoms with Crippen molar-refractivity contribution in [1.29, 1.82) is 0 Å². The molecule has 0 unspecified atom stereocenters. The van der Waals surface area contributed by atoms with Gasteiger partial charge in [0.15, 0.2) is 17.5 Å². The lowest BCUT2D eigenvalue weighted by molar-refractivity contribution is 0.668. The lowest BCUT2D eigenvalue weighted by Crippen LogP contribution is -2.00. The molecule has 0 saturated heterocycles. The fourth-order valence-corrected chi connectivity index (χ4v) is 8.50. The molecule has 12 rings (SSSR count). The third-order valence-electron chi connectivity index (χ3n) is 11.1. The highest BCUT2D eigenvalue weighted by atomic mass is 16.3. The molecule has 0 aliphatic rings. The van der Waals surface area contributed by atoms with Gasteiger partial charge < -0.3 is 13.4 Å². The highest BCUT2D eigenvalue weighted by Gasteiger charge is 2.21. The number of aromatic nitrogens is 4. The Balaban J connectivity index is 1.03. The highest BCUT2D eigenvalue weighted by Crippen LogP contribution is 2.43. The van der Waals surface area contributed by atoms with E-state index in [1.165, 1.54) is 21.8 Å². The maximum Gasteiger partial charge on any atom is 0.164 e. The van der Waals surface area contributed by atoms with Crippen molar-refractivity contribution < 1.29 is 8.83 Å². The second-order valence-corrected chi connectivity index (χ2v) is 14.4. The van der Waals surface area contributed by atoms with Crippen LogP contribution in [0.1, 0.15) is 0 Å². The Kier molecular flexibility index (Phi) is 6.83. The summed E-state index contributed by atoms with van der Waals surface area (Å²) >= 11 is 0. The van der Waals surface area contributed by atoms with Crippen molar-refractivity contribution in [2.45, 2.75) is 0 Å². The Morgan fingerprint density at radius 3 is 1.49 bits per heavy atom. The van der Waals surface area contributed by atoms with E-state index in [0.29, 0.717) is 17.5 Å². The minimum atomic E-state index is 0.581. The van der Waals surface area contributed by atoms with Crippen LogP contribution in [0.3, 0.4) is 0 Å². The van der Waals surface area contributed by atoms with Crippen LogP contribution in [-0.2, 0) is 0 Å². The standard InChI is InChI=1S/C51H30N4O2/c1-3-13-31(14-4-1)49-52-50(32-15-5-2-6-16-32)54-51(53-49)40-20-12-24-44-48(40)47-35(19-11-23-43(47)56-44)33-25-27-38-39-28-26-34(30-46(39)57-45(38)29-33)55-41-21-9-7-17-36(41)37-18-8-10-22-42(37)55/h1-30H. The third-order valence-corrected chi connectivity index (χ3v) is 11.1. The lowest BCUT2D eigenvalue weighted by Gasteiger charge is -2.10. The minimum Gasteiger partial charge on any atom is -0.456 e. The topological polar surface area (TPSA) is 69.9 Å². The largest absolute Gasteiger partial charge is 0.456 e. The van der Waals surface area contributed by atoms with Crippen LogP contribution in [0.4, 0.5) is 0 Å². The van der Waals surface area contributed by atoms with Crippen LogP contribution in [0.15, 0.2) is 191 Å². The molecule has 6 nitrogen and oxygen atoms in total. The summed E-state index contributed by atoms with van der Waals surface area (Å²) in [5.41, 5.74) is 11.4. The van der Waals surface area contributed by atoms with Gasteiger partial charge in [0.2, 0.25) is 0 Å². The minimum absolute atomic E-state index is 0.581. The molecule has 0 atom stereocenters. The molecule has 0 amide bonds. The summed E-state index contributed by atoms with van der Waals surface area (Å²) in [5, 5.41) is 6.56. The zero-order chi connectivity index (χ0) is 37.5. The average Bonchev–Trinajstić information content (AvgIpc) is 3.96. The van der Waals surface area contributed by atoms with E-state index in [4.69, 9.17) is 23.8 Å². The molecule has 0 N–H and O–H groups in total. The molecule has 0 aliphatic carbocycles. The number of benzene rings is 8. The van der Waals surface area contributed by atoms with Gasteiger partial charge in [0.05, 0.1) is 11.0 Å². The predicted molar refractivity (Wildman–Crippen MR) is 230 cm³/mol. The van der Waals surface area contributed by atoms with Crippen molar-refractivity contribution >= 4 is 65.7 Å². The Hall–Kier alpha value is -7.83. The maximum absolute atomic E-state index is 6.70. The molecule has 0 aliphatic heterocycles. The zero-order valence-electron chi connectivity index (χ0n) is 30.4. The van der Waals surface area contributed by atoms with Gasteiger partial charge in [0.1, 0.15) is 22.3 Å². The summed E-state index contributed by atoms with van der Waals surface area (Å²) in [6.45, 7) is 0. The Labute approximate surface area is 325 Å². The van der Waals surface area contributed by atoms with Crippen LogP contribution in [-0.4, -0.2) is 19.5 Å². The van der Waals surface area contributed by atoms with E-state index >= 15 is 0 Å². The Morgan fingerprint density at radius 2 is 0.842 bits per heavy atom. The summed E-state index contributed by atoms with van der Waals surface area (Å²) in [6, 6.07) is 62.6. The van der Waals surface area contributed by atoms with E-state index < -0.39 is 0 Å². The second-order valence-electron chi connectivity index (χ2n) is 14.4. The van der Waals surface area contributed by atoms with Crippen LogP contribution in [0.25, 0.3) is 117 Å². The number of para-hydroxylation sites is 2. The van der Waals surface area contributed by atoms with Gasteiger partial charge in [-0.3, -0.25) is 0 Å². The maximum atomic E-state index is 6.70. The molecule has 266 valence electrons. The Morgan fingerprint density at radius 1 is 0.333 bits per heavy atom. The third kappa shape index (κ3) is 4.94. The first kappa shape index (κ1) is 31.5. The van der Waals surface area contributed by atoms with Crippen molar-refractivity contribution in [2.24, 2.45) is 0 Å². The fourth-order valence-electron chi connectivity index (χ4n) is 8.50. The zero-order valence-corrected chi connectivity index (χ0v) is 30.4. The van der Waals surface area contributed by atoms with Crippen molar-refractivity contribution in [2.75, 3.05) is 0 Å². The number of rotatable bonds is 5. The van der Waals surface area contributed by atoms with Gasteiger partial charge in [-0.05, 0) is 59.7 Å². The van der Waals surface area contributed by atoms with Crippen molar-refractivity contribution in [3.8, 4) is 51.0 Å². The van der Waals surface area contributed by atoms with E-state index in [9.17, 15) is 0 Å². The van der Waals surface area contributed by atoms with Crippen LogP contribution >= 0.6 is 0 Å². The number of furan rings is 2. The smallest absolute Gasteiger partial charge is 0.164 e. The quantitative estimate of drug-likeness (QED) is 0.176. The van der Waals surface area contributed by atoms with E-state index in [2.05, 4.69) is 102 Å². The molecule has 0 spiro atoms. The first-order valence-electron chi connectivity index (χ1n) is 19.0. The first-order valence-corrected chi connectivity index (χ1v) is 19.0. The molecule has 4 aromatic heterocycles.